The number of halogens is 1. The topological polar surface area (TPSA) is 121 Å². The van der Waals surface area contributed by atoms with Crippen LogP contribution in [0.2, 0.25) is 5.02 Å². The van der Waals surface area contributed by atoms with E-state index < -0.39 is 15.9 Å². The summed E-state index contributed by atoms with van der Waals surface area (Å²) in [6.45, 7) is 1.38. The predicted octanol–water partition coefficient (Wildman–Crippen LogP) is 4.37. The molecule has 196 valence electrons. The molecule has 0 unspecified atom stereocenters. The van der Waals surface area contributed by atoms with Crippen molar-refractivity contribution >= 4 is 33.2 Å². The minimum Gasteiger partial charge on any atom is -0.495 e. The molecule has 1 amide bonds. The van der Waals surface area contributed by atoms with Crippen LogP contribution in [0.25, 0.3) is 11.4 Å². The quantitative estimate of drug-likeness (QED) is 0.434. The molecule has 0 spiro atoms. The molecule has 0 aliphatic heterocycles. The van der Waals surface area contributed by atoms with Gasteiger partial charge in [0.2, 0.25) is 15.9 Å². The maximum absolute atomic E-state index is 13.7. The summed E-state index contributed by atoms with van der Waals surface area (Å²) in [5.41, 5.74) is 1.37. The van der Waals surface area contributed by atoms with Crippen molar-refractivity contribution in [1.29, 1.82) is 0 Å². The van der Waals surface area contributed by atoms with Crippen molar-refractivity contribution in [2.24, 2.45) is 0 Å². The second kappa shape index (κ2) is 11.5. The first-order valence-electron chi connectivity index (χ1n) is 12.0. The highest BCUT2D eigenvalue weighted by Crippen LogP contribution is 2.32. The summed E-state index contributed by atoms with van der Waals surface area (Å²) in [4.78, 5) is 32.0. The van der Waals surface area contributed by atoms with Gasteiger partial charge in [0.25, 0.3) is 5.56 Å². The van der Waals surface area contributed by atoms with Crippen LogP contribution < -0.4 is 15.6 Å². The highest BCUT2D eigenvalue weighted by Gasteiger charge is 2.34. The molecule has 1 aliphatic rings. The Labute approximate surface area is 220 Å². The maximum atomic E-state index is 13.7. The monoisotopic (exact) mass is 544 g/mol. The number of aryl methyl sites for hydroxylation is 1. The minimum atomic E-state index is -4.01. The molecular weight excluding hydrogens is 516 g/mol. The van der Waals surface area contributed by atoms with Gasteiger partial charge in [-0.15, -0.1) is 0 Å². The van der Waals surface area contributed by atoms with E-state index in [0.717, 1.165) is 19.3 Å². The van der Waals surface area contributed by atoms with Crippen molar-refractivity contribution in [3.63, 3.8) is 0 Å². The van der Waals surface area contributed by atoms with Gasteiger partial charge in [0, 0.05) is 29.1 Å². The molecule has 0 radical (unpaired) electrons. The number of carbonyl (C=O) groups excluding carboxylic acids is 1. The van der Waals surface area contributed by atoms with Crippen LogP contribution in [0.5, 0.6) is 5.75 Å². The van der Waals surface area contributed by atoms with Crippen LogP contribution in [0, 0.1) is 6.92 Å². The summed E-state index contributed by atoms with van der Waals surface area (Å²) in [6.07, 6.45) is 4.18. The van der Waals surface area contributed by atoms with Crippen LogP contribution >= 0.6 is 11.6 Å². The average Bonchev–Trinajstić information content (AvgIpc) is 2.87. The number of hydrogen-bond acceptors (Lipinski definition) is 6. The van der Waals surface area contributed by atoms with Crippen molar-refractivity contribution in [2.75, 3.05) is 19.0 Å². The molecule has 0 atom stereocenters. The lowest BCUT2D eigenvalue weighted by atomic mass is 9.95. The van der Waals surface area contributed by atoms with Crippen molar-refractivity contribution in [3.05, 3.63) is 69.6 Å². The molecule has 1 heterocycles. The van der Waals surface area contributed by atoms with Gasteiger partial charge in [-0.25, -0.2) is 13.4 Å². The number of benzene rings is 2. The summed E-state index contributed by atoms with van der Waals surface area (Å²) >= 11 is 6.21. The number of rotatable bonds is 8. The summed E-state index contributed by atoms with van der Waals surface area (Å²) in [5, 5.41) is 2.97. The second-order valence-corrected chi connectivity index (χ2v) is 11.3. The fourth-order valence-corrected chi connectivity index (χ4v) is 6.51. The number of anilines is 1. The molecule has 11 heteroatoms. The highest BCUT2D eigenvalue weighted by atomic mass is 35.5. The number of carbonyl (C=O) groups is 1. The zero-order valence-electron chi connectivity index (χ0n) is 20.7. The van der Waals surface area contributed by atoms with Crippen molar-refractivity contribution in [1.82, 2.24) is 14.3 Å². The number of nitrogens with zero attached hydrogens (tertiary/aromatic N) is 2. The molecule has 1 aromatic heterocycles. The van der Waals surface area contributed by atoms with Gasteiger partial charge in [-0.2, -0.15) is 4.31 Å². The van der Waals surface area contributed by atoms with Crippen LogP contribution in [0.1, 0.15) is 37.8 Å². The third-order valence-corrected chi connectivity index (χ3v) is 8.49. The lowest BCUT2D eigenvalue weighted by Crippen LogP contribution is -2.45. The SMILES string of the molecule is COc1ccc(S(=O)(=O)N(CC(=O)Nc2cccc(-c3nc(C)cc(=O)[nH]3)c2)C2CCCCC2)cc1Cl. The lowest BCUT2D eigenvalue weighted by Gasteiger charge is -2.33. The molecule has 0 bridgehead atoms. The normalized spacial score (nSPS) is 14.5. The Kier molecular flexibility index (Phi) is 8.31. The van der Waals surface area contributed by atoms with Crippen molar-refractivity contribution in [3.8, 4) is 17.1 Å². The first-order chi connectivity index (χ1) is 17.7. The largest absolute Gasteiger partial charge is 0.495 e. The molecule has 9 nitrogen and oxygen atoms in total. The number of aromatic nitrogens is 2. The van der Waals surface area contributed by atoms with Crippen molar-refractivity contribution < 1.29 is 17.9 Å². The molecule has 1 saturated carbocycles. The number of aromatic amines is 1. The molecule has 1 fully saturated rings. The second-order valence-electron chi connectivity index (χ2n) is 9.00. The van der Waals surface area contributed by atoms with Gasteiger partial charge >= 0.3 is 0 Å². The van der Waals surface area contributed by atoms with E-state index in [2.05, 4.69) is 15.3 Å². The van der Waals surface area contributed by atoms with E-state index >= 15 is 0 Å². The van der Waals surface area contributed by atoms with E-state index in [1.54, 1.807) is 31.2 Å². The Morgan fingerprint density at radius 1 is 1.16 bits per heavy atom. The van der Waals surface area contributed by atoms with Gasteiger partial charge in [0.05, 0.1) is 23.6 Å². The molecule has 2 N–H and O–H groups in total. The third kappa shape index (κ3) is 6.38. The predicted molar refractivity (Wildman–Crippen MR) is 142 cm³/mol. The van der Waals surface area contributed by atoms with Gasteiger partial charge in [0.1, 0.15) is 11.6 Å². The third-order valence-electron chi connectivity index (χ3n) is 6.30. The minimum absolute atomic E-state index is 0.00754. The van der Waals surface area contributed by atoms with Crippen molar-refractivity contribution in [2.45, 2.75) is 50.0 Å². The number of sulfonamides is 1. The maximum Gasteiger partial charge on any atom is 0.251 e. The van der Waals surface area contributed by atoms with E-state index in [0.29, 0.717) is 41.4 Å². The van der Waals surface area contributed by atoms with Crippen LogP contribution in [0.4, 0.5) is 5.69 Å². The molecule has 2 aromatic carbocycles. The van der Waals surface area contributed by atoms with Crippen LogP contribution in [-0.4, -0.2) is 48.3 Å². The summed E-state index contributed by atoms with van der Waals surface area (Å²) in [5.74, 6) is 0.271. The molecule has 3 aromatic rings. The smallest absolute Gasteiger partial charge is 0.251 e. The Hall–Kier alpha value is -3.21. The van der Waals surface area contributed by atoms with Crippen LogP contribution in [-0.2, 0) is 14.8 Å². The number of amides is 1. The molecule has 0 saturated heterocycles. The Morgan fingerprint density at radius 3 is 2.59 bits per heavy atom. The van der Waals surface area contributed by atoms with Gasteiger partial charge in [0.15, 0.2) is 0 Å². The molecule has 37 heavy (non-hydrogen) atoms. The average molecular weight is 545 g/mol. The van der Waals surface area contributed by atoms with Gasteiger partial charge in [-0.05, 0) is 50.1 Å². The van der Waals surface area contributed by atoms with E-state index in [4.69, 9.17) is 16.3 Å². The van der Waals surface area contributed by atoms with Gasteiger partial charge < -0.3 is 15.0 Å². The Bertz CT molecular complexity index is 1450. The van der Waals surface area contributed by atoms with E-state index in [9.17, 15) is 18.0 Å². The van der Waals surface area contributed by atoms with E-state index in [1.807, 2.05) is 0 Å². The number of ether oxygens (including phenoxy) is 1. The summed E-state index contributed by atoms with van der Waals surface area (Å²) in [6, 6.07) is 12.3. The van der Waals surface area contributed by atoms with E-state index in [-0.39, 0.29) is 28.1 Å². The van der Waals surface area contributed by atoms with Crippen LogP contribution in [0.15, 0.2) is 58.2 Å². The Balaban J connectivity index is 1.58. The number of H-pyrrole nitrogens is 1. The van der Waals surface area contributed by atoms with Gasteiger partial charge in [-0.3, -0.25) is 9.59 Å². The first-order valence-corrected chi connectivity index (χ1v) is 13.8. The van der Waals surface area contributed by atoms with Gasteiger partial charge in [-0.1, -0.05) is 43.0 Å². The Morgan fingerprint density at radius 2 is 1.92 bits per heavy atom. The van der Waals surface area contributed by atoms with Crippen LogP contribution in [0.3, 0.4) is 0 Å². The summed E-state index contributed by atoms with van der Waals surface area (Å²) in [7, 11) is -2.56. The zero-order valence-corrected chi connectivity index (χ0v) is 22.2. The van der Waals surface area contributed by atoms with E-state index in [1.165, 1.54) is 35.7 Å². The fourth-order valence-electron chi connectivity index (χ4n) is 4.52. The number of nitrogens with one attached hydrogen (secondary N) is 2. The lowest BCUT2D eigenvalue weighted by molar-refractivity contribution is -0.116. The molecule has 1 aliphatic carbocycles. The molecular formula is C26H29ClN4O5S. The summed E-state index contributed by atoms with van der Waals surface area (Å²) < 4.78 is 33.8. The molecule has 4 rings (SSSR count). The highest BCUT2D eigenvalue weighted by molar-refractivity contribution is 7.89. The number of methoxy groups -OCH3 is 1. The number of hydrogen-bond donors (Lipinski definition) is 2. The zero-order chi connectivity index (χ0) is 26.6. The first kappa shape index (κ1) is 26.8. The fraction of sp³-hybridized carbons (Fsp3) is 0.346. The standard InChI is InChI=1S/C26H29ClN4O5S/c1-17-13-24(32)30-26(28-17)18-7-6-8-19(14-18)29-25(33)16-31(20-9-4-3-5-10-20)37(34,35)21-11-12-23(36-2)22(27)15-21/h6-8,11-15,20H,3-5,9-10,16H2,1-2H3,(H,29,33)(H,28,30,32).